The van der Waals surface area contributed by atoms with E-state index < -0.39 is 0 Å². The number of hydrogen-bond acceptors (Lipinski definition) is 3. The highest BCUT2D eigenvalue weighted by molar-refractivity contribution is 6.30. The van der Waals surface area contributed by atoms with Crippen molar-refractivity contribution in [3.8, 4) is 11.3 Å². The fourth-order valence-electron chi connectivity index (χ4n) is 2.00. The van der Waals surface area contributed by atoms with Gasteiger partial charge in [0.05, 0.1) is 30.3 Å². The number of carbonyl (C=O) groups is 1. The molecule has 1 aromatic carbocycles. The van der Waals surface area contributed by atoms with Crippen LogP contribution in [0.25, 0.3) is 11.3 Å². The Kier molecular flexibility index (Phi) is 3.75. The van der Waals surface area contributed by atoms with Gasteiger partial charge in [0, 0.05) is 10.6 Å². The Morgan fingerprint density at radius 1 is 1.33 bits per heavy atom. The Balaban J connectivity index is 1.80. The van der Waals surface area contributed by atoms with Crippen molar-refractivity contribution < 1.29 is 9.21 Å². The van der Waals surface area contributed by atoms with Crippen LogP contribution in [0.2, 0.25) is 5.02 Å². The molecule has 0 aliphatic carbocycles. The second-order valence-electron chi connectivity index (χ2n) is 4.43. The molecule has 2 N–H and O–H groups in total. The van der Waals surface area contributed by atoms with E-state index >= 15 is 0 Å². The van der Waals surface area contributed by atoms with Gasteiger partial charge >= 0.3 is 0 Å². The maximum atomic E-state index is 12.2. The van der Waals surface area contributed by atoms with E-state index in [1.54, 1.807) is 30.5 Å². The molecule has 6 heteroatoms. The van der Waals surface area contributed by atoms with Gasteiger partial charge in [-0.1, -0.05) is 23.7 Å². The van der Waals surface area contributed by atoms with Gasteiger partial charge in [-0.2, -0.15) is 5.10 Å². The number of H-pyrrole nitrogens is 1. The van der Waals surface area contributed by atoms with Gasteiger partial charge in [-0.05, 0) is 24.3 Å². The number of carbonyl (C=O) groups excluding carboxylic acids is 1. The molecular weight excluding hydrogens is 290 g/mol. The number of hydrogen-bond donors (Lipinski definition) is 2. The first kappa shape index (κ1) is 13.5. The van der Waals surface area contributed by atoms with Crippen molar-refractivity contribution in [2.45, 2.75) is 6.54 Å². The third kappa shape index (κ3) is 2.98. The Morgan fingerprint density at radius 2 is 2.24 bits per heavy atom. The van der Waals surface area contributed by atoms with Crippen LogP contribution in [-0.4, -0.2) is 16.1 Å². The maximum absolute atomic E-state index is 12.2. The van der Waals surface area contributed by atoms with Gasteiger partial charge in [0.1, 0.15) is 5.76 Å². The van der Waals surface area contributed by atoms with Crippen LogP contribution < -0.4 is 5.32 Å². The summed E-state index contributed by atoms with van der Waals surface area (Å²) >= 11 is 5.98. The summed E-state index contributed by atoms with van der Waals surface area (Å²) in [7, 11) is 0. The highest BCUT2D eigenvalue weighted by atomic mass is 35.5. The van der Waals surface area contributed by atoms with Crippen LogP contribution >= 0.6 is 11.6 Å². The molecule has 0 saturated carbocycles. The summed E-state index contributed by atoms with van der Waals surface area (Å²) in [6.07, 6.45) is 3.06. The minimum absolute atomic E-state index is 0.227. The van der Waals surface area contributed by atoms with Gasteiger partial charge in [-0.3, -0.25) is 9.89 Å². The molecule has 1 amide bonds. The Hall–Kier alpha value is -2.53. The van der Waals surface area contributed by atoms with Crippen LogP contribution in [0.4, 0.5) is 0 Å². The molecule has 5 nitrogen and oxygen atoms in total. The predicted octanol–water partition coefficient (Wildman–Crippen LogP) is 3.25. The summed E-state index contributed by atoms with van der Waals surface area (Å²) in [5, 5.41) is 10.2. The molecule has 0 unspecified atom stereocenters. The number of halogens is 1. The summed E-state index contributed by atoms with van der Waals surface area (Å²) in [6.45, 7) is 0.325. The van der Waals surface area contributed by atoms with E-state index in [2.05, 4.69) is 15.5 Å². The van der Waals surface area contributed by atoms with E-state index in [9.17, 15) is 4.79 Å². The van der Waals surface area contributed by atoms with Crippen LogP contribution in [0, 0.1) is 0 Å². The van der Waals surface area contributed by atoms with Crippen LogP contribution in [0.3, 0.4) is 0 Å². The molecule has 0 aliphatic rings. The summed E-state index contributed by atoms with van der Waals surface area (Å²) in [4.78, 5) is 12.2. The number of benzene rings is 1. The van der Waals surface area contributed by atoms with Crippen LogP contribution in [-0.2, 0) is 6.54 Å². The molecule has 3 aromatic rings. The zero-order valence-corrected chi connectivity index (χ0v) is 11.7. The van der Waals surface area contributed by atoms with Crippen molar-refractivity contribution in [3.63, 3.8) is 0 Å². The molecule has 0 fully saturated rings. The third-order valence-corrected chi connectivity index (χ3v) is 3.24. The SMILES string of the molecule is O=C(NCc1ccco1)c1cn[nH]c1-c1cccc(Cl)c1. The molecule has 0 saturated heterocycles. The molecule has 21 heavy (non-hydrogen) atoms. The zero-order valence-electron chi connectivity index (χ0n) is 11.0. The summed E-state index contributed by atoms with van der Waals surface area (Å²) < 4.78 is 5.18. The zero-order chi connectivity index (χ0) is 14.7. The normalized spacial score (nSPS) is 10.5. The number of aromatic amines is 1. The third-order valence-electron chi connectivity index (χ3n) is 3.00. The minimum Gasteiger partial charge on any atom is -0.467 e. The van der Waals surface area contributed by atoms with E-state index in [1.165, 1.54) is 6.20 Å². The molecule has 3 rings (SSSR count). The molecule has 0 radical (unpaired) electrons. The topological polar surface area (TPSA) is 70.9 Å². The molecular formula is C15H12ClN3O2. The highest BCUT2D eigenvalue weighted by Gasteiger charge is 2.15. The fourth-order valence-corrected chi connectivity index (χ4v) is 2.19. The average molecular weight is 302 g/mol. The van der Waals surface area contributed by atoms with Gasteiger partial charge < -0.3 is 9.73 Å². The lowest BCUT2D eigenvalue weighted by molar-refractivity contribution is 0.0949. The first-order chi connectivity index (χ1) is 10.2. The van der Waals surface area contributed by atoms with Crippen LogP contribution in [0.5, 0.6) is 0 Å². The van der Waals surface area contributed by atoms with E-state index in [1.807, 2.05) is 12.1 Å². The number of rotatable bonds is 4. The Labute approximate surface area is 125 Å². The number of amides is 1. The maximum Gasteiger partial charge on any atom is 0.255 e. The monoisotopic (exact) mass is 301 g/mol. The van der Waals surface area contributed by atoms with Crippen molar-refractivity contribution in [1.82, 2.24) is 15.5 Å². The molecule has 0 atom stereocenters. The van der Waals surface area contributed by atoms with Gasteiger partial charge in [-0.15, -0.1) is 0 Å². The standard InChI is InChI=1S/C15H12ClN3O2/c16-11-4-1-3-10(7-11)14-13(9-18-19-14)15(20)17-8-12-5-2-6-21-12/h1-7,9H,8H2,(H,17,20)(H,18,19). The number of aromatic nitrogens is 2. The van der Waals surface area contributed by atoms with Crippen molar-refractivity contribution in [1.29, 1.82) is 0 Å². The first-order valence-corrected chi connectivity index (χ1v) is 6.72. The summed E-state index contributed by atoms with van der Waals surface area (Å²) in [6, 6.07) is 10.8. The molecule has 106 valence electrons. The number of nitrogens with one attached hydrogen (secondary N) is 2. The van der Waals surface area contributed by atoms with Gasteiger partial charge in [0.25, 0.3) is 5.91 Å². The fraction of sp³-hybridized carbons (Fsp3) is 0.0667. The predicted molar refractivity (Wildman–Crippen MR) is 78.9 cm³/mol. The second-order valence-corrected chi connectivity index (χ2v) is 4.87. The first-order valence-electron chi connectivity index (χ1n) is 6.34. The van der Waals surface area contributed by atoms with E-state index in [-0.39, 0.29) is 5.91 Å². The van der Waals surface area contributed by atoms with E-state index in [0.29, 0.717) is 28.6 Å². The number of nitrogens with zero attached hydrogens (tertiary/aromatic N) is 1. The Morgan fingerprint density at radius 3 is 3.00 bits per heavy atom. The van der Waals surface area contributed by atoms with Gasteiger partial charge in [0.2, 0.25) is 0 Å². The smallest absolute Gasteiger partial charge is 0.255 e. The number of furan rings is 1. The van der Waals surface area contributed by atoms with Crippen molar-refractivity contribution >= 4 is 17.5 Å². The lowest BCUT2D eigenvalue weighted by Gasteiger charge is -2.05. The van der Waals surface area contributed by atoms with Crippen LogP contribution in [0.1, 0.15) is 16.1 Å². The lowest BCUT2D eigenvalue weighted by Crippen LogP contribution is -2.22. The largest absolute Gasteiger partial charge is 0.467 e. The quantitative estimate of drug-likeness (QED) is 0.777. The second kappa shape index (κ2) is 5.85. The Bertz CT molecular complexity index is 750. The molecule has 0 aliphatic heterocycles. The van der Waals surface area contributed by atoms with Crippen molar-refractivity contribution in [3.05, 3.63) is 65.2 Å². The average Bonchev–Trinajstić information content (AvgIpc) is 3.16. The summed E-state index contributed by atoms with van der Waals surface area (Å²) in [5.41, 5.74) is 1.90. The van der Waals surface area contributed by atoms with E-state index in [0.717, 1.165) is 5.56 Å². The highest BCUT2D eigenvalue weighted by Crippen LogP contribution is 2.23. The molecule has 0 spiro atoms. The molecule has 2 heterocycles. The van der Waals surface area contributed by atoms with E-state index in [4.69, 9.17) is 16.0 Å². The molecule has 2 aromatic heterocycles. The van der Waals surface area contributed by atoms with Crippen LogP contribution in [0.15, 0.2) is 53.3 Å². The lowest BCUT2D eigenvalue weighted by atomic mass is 10.1. The van der Waals surface area contributed by atoms with Gasteiger partial charge in [0.15, 0.2) is 0 Å². The van der Waals surface area contributed by atoms with Crippen molar-refractivity contribution in [2.75, 3.05) is 0 Å². The minimum atomic E-state index is -0.227. The van der Waals surface area contributed by atoms with Gasteiger partial charge in [-0.25, -0.2) is 0 Å². The molecule has 0 bridgehead atoms. The van der Waals surface area contributed by atoms with Crippen molar-refractivity contribution in [2.24, 2.45) is 0 Å². The summed E-state index contributed by atoms with van der Waals surface area (Å²) in [5.74, 6) is 0.464.